The summed E-state index contributed by atoms with van der Waals surface area (Å²) < 4.78 is 0. The lowest BCUT2D eigenvalue weighted by molar-refractivity contribution is -0.132. The largest absolute Gasteiger partial charge is 0.758 e. The molecule has 0 fully saturated rings. The number of carboxylic acids is 1. The number of fused-ring (bicyclic) bond motifs is 2. The molecule has 1 aliphatic carbocycles. The monoisotopic (exact) mass is 241 g/mol. The van der Waals surface area contributed by atoms with E-state index < -0.39 is 12.0 Å². The van der Waals surface area contributed by atoms with E-state index in [9.17, 15) is 10.0 Å². The number of nitrogens with zero attached hydrogens (tertiary/aromatic N) is 2. The van der Waals surface area contributed by atoms with Crippen molar-refractivity contribution < 1.29 is 9.90 Å². The first kappa shape index (κ1) is 10.7. The van der Waals surface area contributed by atoms with E-state index in [4.69, 9.17) is 5.11 Å². The molecule has 18 heavy (non-hydrogen) atoms. The van der Waals surface area contributed by atoms with Gasteiger partial charge in [0, 0.05) is 0 Å². The van der Waals surface area contributed by atoms with Gasteiger partial charge in [0.1, 0.15) is 0 Å². The second kappa shape index (κ2) is 3.82. The maximum Gasteiger partial charge on any atom is 0.337 e. The molecular weight excluding hydrogens is 232 g/mol. The number of hydrogen-bond acceptors (Lipinski definition) is 4. The van der Waals surface area contributed by atoms with Crippen molar-refractivity contribution in [3.8, 4) is 0 Å². The number of hydrogen-bond donors (Lipinski definition) is 1. The zero-order valence-electron chi connectivity index (χ0n) is 9.28. The van der Waals surface area contributed by atoms with Gasteiger partial charge < -0.3 is 15.4 Å². The fourth-order valence-corrected chi connectivity index (χ4v) is 2.11. The summed E-state index contributed by atoms with van der Waals surface area (Å²) in [7, 11) is 0. The number of hydroxylamine groups is 1. The van der Waals surface area contributed by atoms with Crippen LogP contribution in [0.5, 0.6) is 0 Å². The summed E-state index contributed by atoms with van der Waals surface area (Å²) in [6, 6.07) is 6.23. The van der Waals surface area contributed by atoms with Crippen molar-refractivity contribution in [3.63, 3.8) is 0 Å². The van der Waals surface area contributed by atoms with E-state index in [1.165, 1.54) is 6.08 Å². The van der Waals surface area contributed by atoms with Crippen LogP contribution in [-0.2, 0) is 4.79 Å². The average Bonchev–Trinajstić information content (AvgIpc) is 2.38. The molecule has 0 saturated carbocycles. The molecule has 0 radical (unpaired) electrons. The van der Waals surface area contributed by atoms with Gasteiger partial charge >= 0.3 is 5.97 Å². The first-order chi connectivity index (χ1) is 8.68. The quantitative estimate of drug-likeness (QED) is 0.816. The Morgan fingerprint density at radius 3 is 2.94 bits per heavy atom. The van der Waals surface area contributed by atoms with Gasteiger partial charge in [0.05, 0.1) is 28.7 Å². The van der Waals surface area contributed by atoms with Gasteiger partial charge in [-0.3, -0.25) is 0 Å². The van der Waals surface area contributed by atoms with E-state index in [0.29, 0.717) is 17.1 Å². The highest BCUT2D eigenvalue weighted by molar-refractivity contribution is 6.25. The lowest BCUT2D eigenvalue weighted by Gasteiger charge is -2.42. The summed E-state index contributed by atoms with van der Waals surface area (Å²) in [5.41, 5.74) is 1.32. The molecule has 5 nitrogen and oxygen atoms in total. The van der Waals surface area contributed by atoms with E-state index in [-0.39, 0.29) is 5.57 Å². The van der Waals surface area contributed by atoms with Crippen LogP contribution < -0.4 is 5.06 Å². The molecule has 0 spiro atoms. The molecule has 1 heterocycles. The fraction of sp³-hybridized carbons (Fsp3) is 0.0769. The first-order valence-corrected chi connectivity index (χ1v) is 5.44. The van der Waals surface area contributed by atoms with Crippen molar-refractivity contribution in [1.29, 1.82) is 0 Å². The highest BCUT2D eigenvalue weighted by Crippen LogP contribution is 2.36. The van der Waals surface area contributed by atoms with Crippen LogP contribution in [-0.4, -0.2) is 22.8 Å². The molecular formula is C13H9N2O3-. The molecule has 0 aromatic heterocycles. The number of benzene rings is 1. The highest BCUT2D eigenvalue weighted by atomic mass is 16.5. The number of rotatable bonds is 1. The standard InChI is InChI=1S/C13H9N2O3/c16-13(17)8-4-3-7-11-12(8)14-9-5-1-2-6-10(9)15(11)18/h1-7,11H,(H,16,17)/q-1. The molecule has 1 unspecified atom stereocenters. The molecule has 1 N–H and O–H groups in total. The van der Waals surface area contributed by atoms with Crippen LogP contribution >= 0.6 is 0 Å². The molecule has 1 aromatic rings. The summed E-state index contributed by atoms with van der Waals surface area (Å²) in [4.78, 5) is 15.4. The molecule has 0 amide bonds. The van der Waals surface area contributed by atoms with Gasteiger partial charge in [-0.1, -0.05) is 24.3 Å². The molecule has 2 aliphatic rings. The topological polar surface area (TPSA) is 76.0 Å². The lowest BCUT2D eigenvalue weighted by atomic mass is 9.95. The minimum absolute atomic E-state index is 0.0675. The van der Waals surface area contributed by atoms with E-state index in [1.54, 1.807) is 36.4 Å². The molecule has 5 heteroatoms. The maximum atomic E-state index is 12.2. The fourth-order valence-electron chi connectivity index (χ4n) is 2.11. The Bertz CT molecular complexity index is 616. The average molecular weight is 241 g/mol. The van der Waals surface area contributed by atoms with Gasteiger partial charge in [-0.2, -0.15) is 0 Å². The SMILES string of the molecule is O=C(O)C1=CC=CC2C1=Nc1ccccc1N2[O-]. The van der Waals surface area contributed by atoms with E-state index >= 15 is 0 Å². The Balaban J connectivity index is 2.19. The third-order valence-electron chi connectivity index (χ3n) is 2.96. The molecule has 1 aliphatic heterocycles. The van der Waals surface area contributed by atoms with Crippen molar-refractivity contribution in [1.82, 2.24) is 0 Å². The van der Waals surface area contributed by atoms with Gasteiger partial charge in [-0.25, -0.2) is 9.79 Å². The molecule has 0 bridgehead atoms. The van der Waals surface area contributed by atoms with Crippen LogP contribution in [0.25, 0.3) is 0 Å². The molecule has 90 valence electrons. The predicted octanol–water partition coefficient (Wildman–Crippen LogP) is 2.03. The molecule has 3 rings (SSSR count). The normalized spacial score (nSPS) is 20.7. The predicted molar refractivity (Wildman–Crippen MR) is 68.0 cm³/mol. The molecule has 0 saturated heterocycles. The van der Waals surface area contributed by atoms with Crippen molar-refractivity contribution in [2.45, 2.75) is 6.04 Å². The van der Waals surface area contributed by atoms with E-state index in [0.717, 1.165) is 5.06 Å². The number of aliphatic carboxylic acids is 1. The summed E-state index contributed by atoms with van der Waals surface area (Å²) >= 11 is 0. The van der Waals surface area contributed by atoms with Crippen LogP contribution in [0, 0.1) is 5.21 Å². The van der Waals surface area contributed by atoms with Crippen LogP contribution in [0.1, 0.15) is 0 Å². The Labute approximate surface area is 103 Å². The number of aliphatic imine (C=N–C) groups is 1. The molecule has 1 aromatic carbocycles. The number of carboxylic acid groups (broad SMARTS) is 1. The van der Waals surface area contributed by atoms with E-state index in [1.807, 2.05) is 0 Å². The minimum Gasteiger partial charge on any atom is -0.758 e. The van der Waals surface area contributed by atoms with Crippen LogP contribution in [0.3, 0.4) is 0 Å². The second-order valence-corrected chi connectivity index (χ2v) is 4.03. The Kier molecular flexibility index (Phi) is 2.28. The Morgan fingerprint density at radius 2 is 2.17 bits per heavy atom. The summed E-state index contributed by atoms with van der Waals surface area (Å²) in [6.45, 7) is 0. The van der Waals surface area contributed by atoms with Gasteiger partial charge in [0.15, 0.2) is 0 Å². The smallest absolute Gasteiger partial charge is 0.337 e. The number of anilines is 1. The minimum atomic E-state index is -1.07. The lowest BCUT2D eigenvalue weighted by Crippen LogP contribution is -2.41. The molecule has 1 atom stereocenters. The third kappa shape index (κ3) is 1.45. The Morgan fingerprint density at radius 1 is 1.39 bits per heavy atom. The van der Waals surface area contributed by atoms with Crippen LogP contribution in [0.4, 0.5) is 11.4 Å². The zero-order valence-corrected chi connectivity index (χ0v) is 9.28. The van der Waals surface area contributed by atoms with Crippen LogP contribution in [0.2, 0.25) is 0 Å². The maximum absolute atomic E-state index is 12.2. The summed E-state index contributed by atoms with van der Waals surface area (Å²) in [5, 5.41) is 22.1. The van der Waals surface area contributed by atoms with Crippen molar-refractivity contribution in [3.05, 3.63) is 53.3 Å². The number of para-hydroxylation sites is 2. The zero-order chi connectivity index (χ0) is 12.7. The summed E-state index contributed by atoms with van der Waals surface area (Å²) in [5.74, 6) is -1.07. The van der Waals surface area contributed by atoms with Gasteiger partial charge in [0.25, 0.3) is 0 Å². The second-order valence-electron chi connectivity index (χ2n) is 4.03. The van der Waals surface area contributed by atoms with Gasteiger partial charge in [0.2, 0.25) is 0 Å². The highest BCUT2D eigenvalue weighted by Gasteiger charge is 2.29. The Hall–Kier alpha value is -2.40. The van der Waals surface area contributed by atoms with Crippen molar-refractivity contribution >= 4 is 23.1 Å². The van der Waals surface area contributed by atoms with Gasteiger partial charge in [-0.05, 0) is 18.2 Å². The van der Waals surface area contributed by atoms with Crippen molar-refractivity contribution in [2.75, 3.05) is 5.06 Å². The van der Waals surface area contributed by atoms with Crippen molar-refractivity contribution in [2.24, 2.45) is 4.99 Å². The summed E-state index contributed by atoms with van der Waals surface area (Å²) in [6.07, 6.45) is 4.68. The first-order valence-electron chi connectivity index (χ1n) is 5.44. The number of carbonyl (C=O) groups is 1. The third-order valence-corrected chi connectivity index (χ3v) is 2.96. The van der Waals surface area contributed by atoms with Gasteiger partial charge in [-0.15, -0.1) is 0 Å². The number of allylic oxidation sites excluding steroid dienone is 2. The van der Waals surface area contributed by atoms with E-state index in [2.05, 4.69) is 4.99 Å². The van der Waals surface area contributed by atoms with Crippen LogP contribution in [0.15, 0.2) is 53.1 Å².